The highest BCUT2D eigenvalue weighted by Crippen LogP contribution is 2.38. The normalized spacial score (nSPS) is 16.7. The van der Waals surface area contributed by atoms with Crippen LogP contribution in [-0.4, -0.2) is 39.3 Å². The number of hydrogen-bond acceptors (Lipinski definition) is 4. The summed E-state index contributed by atoms with van der Waals surface area (Å²) in [6, 6.07) is 10.1. The van der Waals surface area contributed by atoms with Crippen molar-refractivity contribution in [3.05, 3.63) is 53.3 Å². The molecule has 0 aliphatic carbocycles. The van der Waals surface area contributed by atoms with Crippen LogP contribution in [0.5, 0.6) is 5.75 Å². The number of benzene rings is 2. The lowest BCUT2D eigenvalue weighted by molar-refractivity contribution is 0.244. The topological polar surface area (TPSA) is 56.8 Å². The molecule has 27 heavy (non-hydrogen) atoms. The SMILES string of the molecule is COc1cc(N2CCNCC2)c2c(c1)N(Cc1cccc(F)c1)C(=O)NC2. The summed E-state index contributed by atoms with van der Waals surface area (Å²) in [5.41, 5.74) is 3.70. The van der Waals surface area contributed by atoms with Crippen molar-refractivity contribution >= 4 is 17.4 Å². The minimum absolute atomic E-state index is 0.189. The summed E-state index contributed by atoms with van der Waals surface area (Å²) in [5.74, 6) is 0.401. The van der Waals surface area contributed by atoms with Gasteiger partial charge in [0.25, 0.3) is 0 Å². The zero-order valence-corrected chi connectivity index (χ0v) is 15.3. The van der Waals surface area contributed by atoms with Gasteiger partial charge in [-0.05, 0) is 17.7 Å². The van der Waals surface area contributed by atoms with Crippen molar-refractivity contribution in [3.8, 4) is 5.75 Å². The Labute approximate surface area is 157 Å². The second-order valence-corrected chi connectivity index (χ2v) is 6.76. The Kier molecular flexibility index (Phi) is 4.85. The predicted molar refractivity (Wildman–Crippen MR) is 103 cm³/mol. The van der Waals surface area contributed by atoms with Crippen LogP contribution in [0, 0.1) is 5.82 Å². The van der Waals surface area contributed by atoms with E-state index in [0.717, 1.165) is 48.7 Å². The summed E-state index contributed by atoms with van der Waals surface area (Å²) in [4.78, 5) is 16.6. The Morgan fingerprint density at radius 3 is 2.67 bits per heavy atom. The second-order valence-electron chi connectivity index (χ2n) is 6.76. The van der Waals surface area contributed by atoms with Gasteiger partial charge in [0.2, 0.25) is 0 Å². The standard InChI is InChI=1S/C20H23FN4O2/c1-27-16-10-18(24-7-5-22-6-8-24)17-12-23-20(26)25(19(17)11-16)13-14-3-2-4-15(21)9-14/h2-4,9-11,22H,5-8,12-13H2,1H3,(H,23,26). The molecule has 1 fully saturated rings. The van der Waals surface area contributed by atoms with Crippen LogP contribution in [0.15, 0.2) is 36.4 Å². The van der Waals surface area contributed by atoms with E-state index in [1.165, 1.54) is 12.1 Å². The highest BCUT2D eigenvalue weighted by molar-refractivity contribution is 5.96. The Balaban J connectivity index is 1.75. The molecule has 6 nitrogen and oxygen atoms in total. The second kappa shape index (κ2) is 7.44. The molecule has 2 aromatic carbocycles. The maximum atomic E-state index is 13.6. The van der Waals surface area contributed by atoms with Crippen molar-refractivity contribution in [1.29, 1.82) is 0 Å². The first-order valence-corrected chi connectivity index (χ1v) is 9.12. The Morgan fingerprint density at radius 1 is 1.15 bits per heavy atom. The van der Waals surface area contributed by atoms with Gasteiger partial charge in [-0.25, -0.2) is 9.18 Å². The third-order valence-electron chi connectivity index (χ3n) is 5.05. The number of fused-ring (bicyclic) bond motifs is 1. The van der Waals surface area contributed by atoms with Gasteiger partial charge in [-0.2, -0.15) is 0 Å². The van der Waals surface area contributed by atoms with Crippen LogP contribution in [0.25, 0.3) is 0 Å². The molecular weight excluding hydrogens is 347 g/mol. The Hall–Kier alpha value is -2.80. The highest BCUT2D eigenvalue weighted by atomic mass is 19.1. The van der Waals surface area contributed by atoms with Crippen LogP contribution in [0.2, 0.25) is 0 Å². The van der Waals surface area contributed by atoms with Crippen molar-refractivity contribution in [2.45, 2.75) is 13.1 Å². The van der Waals surface area contributed by atoms with E-state index in [1.54, 1.807) is 18.1 Å². The molecule has 7 heteroatoms. The number of methoxy groups -OCH3 is 1. The fraction of sp³-hybridized carbons (Fsp3) is 0.350. The number of carbonyl (C=O) groups is 1. The van der Waals surface area contributed by atoms with Crippen molar-refractivity contribution in [1.82, 2.24) is 10.6 Å². The molecule has 2 aromatic rings. The lowest BCUT2D eigenvalue weighted by atomic mass is 10.0. The number of rotatable bonds is 4. The van der Waals surface area contributed by atoms with Gasteiger partial charge in [0.15, 0.2) is 0 Å². The summed E-state index contributed by atoms with van der Waals surface area (Å²) in [6.45, 7) is 4.41. The fourth-order valence-corrected chi connectivity index (χ4v) is 3.69. The van der Waals surface area contributed by atoms with Crippen LogP contribution >= 0.6 is 0 Å². The van der Waals surface area contributed by atoms with Crippen LogP contribution in [0.3, 0.4) is 0 Å². The molecule has 2 amide bonds. The van der Waals surface area contributed by atoms with Crippen LogP contribution in [0.1, 0.15) is 11.1 Å². The number of nitrogens with one attached hydrogen (secondary N) is 2. The molecule has 0 aromatic heterocycles. The van der Waals surface area contributed by atoms with E-state index in [1.807, 2.05) is 18.2 Å². The molecule has 2 N–H and O–H groups in total. The number of anilines is 2. The first-order valence-electron chi connectivity index (χ1n) is 9.12. The van der Waals surface area contributed by atoms with E-state index in [9.17, 15) is 9.18 Å². The zero-order chi connectivity index (χ0) is 18.8. The average Bonchev–Trinajstić information content (AvgIpc) is 2.70. The number of hydrogen-bond donors (Lipinski definition) is 2. The number of amides is 2. The van der Waals surface area contributed by atoms with Gasteiger partial charge in [0.1, 0.15) is 11.6 Å². The molecule has 0 atom stereocenters. The number of nitrogens with zero attached hydrogens (tertiary/aromatic N) is 2. The van der Waals surface area contributed by atoms with Crippen LogP contribution < -0.4 is 25.2 Å². The summed E-state index contributed by atoms with van der Waals surface area (Å²) in [5, 5.41) is 6.31. The molecule has 0 saturated carbocycles. The minimum atomic E-state index is -0.308. The smallest absolute Gasteiger partial charge is 0.322 e. The molecule has 1 saturated heterocycles. The lowest BCUT2D eigenvalue weighted by Gasteiger charge is -2.36. The van der Waals surface area contributed by atoms with E-state index < -0.39 is 0 Å². The maximum absolute atomic E-state index is 13.6. The van der Waals surface area contributed by atoms with Gasteiger partial charge in [-0.3, -0.25) is 4.90 Å². The molecule has 2 aliphatic rings. The van der Waals surface area contributed by atoms with Gasteiger partial charge in [0, 0.05) is 56.1 Å². The molecule has 0 spiro atoms. The number of ether oxygens (including phenoxy) is 1. The third kappa shape index (κ3) is 3.55. The molecule has 4 rings (SSSR count). The van der Waals surface area contributed by atoms with Crippen molar-refractivity contribution in [2.24, 2.45) is 0 Å². The Bertz CT molecular complexity index is 852. The molecule has 0 unspecified atom stereocenters. The summed E-state index contributed by atoms with van der Waals surface area (Å²) >= 11 is 0. The van der Waals surface area contributed by atoms with E-state index in [2.05, 4.69) is 15.5 Å². The molecule has 0 radical (unpaired) electrons. The van der Waals surface area contributed by atoms with E-state index in [0.29, 0.717) is 18.8 Å². The number of urea groups is 1. The van der Waals surface area contributed by atoms with Gasteiger partial charge < -0.3 is 20.3 Å². The fourth-order valence-electron chi connectivity index (χ4n) is 3.69. The first-order chi connectivity index (χ1) is 13.2. The average molecular weight is 370 g/mol. The molecular formula is C20H23FN4O2. The minimum Gasteiger partial charge on any atom is -0.497 e. The zero-order valence-electron chi connectivity index (χ0n) is 15.3. The molecule has 2 aliphatic heterocycles. The monoisotopic (exact) mass is 370 g/mol. The summed E-state index contributed by atoms with van der Waals surface area (Å²) < 4.78 is 19.1. The van der Waals surface area contributed by atoms with Crippen molar-refractivity contribution in [3.63, 3.8) is 0 Å². The van der Waals surface area contributed by atoms with E-state index in [4.69, 9.17) is 4.74 Å². The van der Waals surface area contributed by atoms with Gasteiger partial charge in [0.05, 0.1) is 19.3 Å². The largest absolute Gasteiger partial charge is 0.497 e. The molecule has 142 valence electrons. The molecule has 2 heterocycles. The van der Waals surface area contributed by atoms with Crippen LogP contribution in [-0.2, 0) is 13.1 Å². The van der Waals surface area contributed by atoms with Gasteiger partial charge in [-0.15, -0.1) is 0 Å². The van der Waals surface area contributed by atoms with Crippen LogP contribution in [0.4, 0.5) is 20.6 Å². The van der Waals surface area contributed by atoms with Gasteiger partial charge in [-0.1, -0.05) is 12.1 Å². The third-order valence-corrected chi connectivity index (χ3v) is 5.05. The number of piperazine rings is 1. The maximum Gasteiger partial charge on any atom is 0.322 e. The van der Waals surface area contributed by atoms with Crippen molar-refractivity contribution in [2.75, 3.05) is 43.1 Å². The van der Waals surface area contributed by atoms with E-state index >= 15 is 0 Å². The Morgan fingerprint density at radius 2 is 1.93 bits per heavy atom. The van der Waals surface area contributed by atoms with Crippen molar-refractivity contribution < 1.29 is 13.9 Å². The first kappa shape index (κ1) is 17.6. The number of carbonyl (C=O) groups excluding carboxylic acids is 1. The predicted octanol–water partition coefficient (Wildman–Crippen LogP) is 2.47. The highest BCUT2D eigenvalue weighted by Gasteiger charge is 2.29. The molecule has 0 bridgehead atoms. The lowest BCUT2D eigenvalue weighted by Crippen LogP contribution is -2.47. The van der Waals surface area contributed by atoms with Gasteiger partial charge >= 0.3 is 6.03 Å². The summed E-state index contributed by atoms with van der Waals surface area (Å²) in [6.07, 6.45) is 0. The summed E-state index contributed by atoms with van der Waals surface area (Å²) in [7, 11) is 1.63. The number of halogens is 1. The van der Waals surface area contributed by atoms with E-state index in [-0.39, 0.29) is 11.8 Å². The quantitative estimate of drug-likeness (QED) is 0.868.